The van der Waals surface area contributed by atoms with Crippen LogP contribution >= 0.6 is 11.8 Å². The van der Waals surface area contributed by atoms with Crippen molar-refractivity contribution in [2.75, 3.05) is 0 Å². The lowest BCUT2D eigenvalue weighted by molar-refractivity contribution is 0.626. The van der Waals surface area contributed by atoms with Crippen molar-refractivity contribution in [3.8, 4) is 11.4 Å². The minimum absolute atomic E-state index is 0.914. The Morgan fingerprint density at radius 1 is 0.909 bits per heavy atom. The third kappa shape index (κ3) is 3.39. The highest BCUT2D eigenvalue weighted by Crippen LogP contribution is 2.26. The van der Waals surface area contributed by atoms with Crippen LogP contribution in [0.4, 0.5) is 0 Å². The Hall–Kier alpha value is -2.07. The summed E-state index contributed by atoms with van der Waals surface area (Å²) >= 11 is 1.74. The predicted octanol–water partition coefficient (Wildman–Crippen LogP) is 4.65. The minimum atomic E-state index is 0.914. The fourth-order valence-electron chi connectivity index (χ4n) is 2.34. The second-order valence-electron chi connectivity index (χ2n) is 5.10. The van der Waals surface area contributed by atoms with Crippen LogP contribution < -0.4 is 0 Å². The van der Waals surface area contributed by atoms with Crippen LogP contribution in [-0.4, -0.2) is 14.8 Å². The molecule has 3 rings (SSSR count). The van der Waals surface area contributed by atoms with Crippen molar-refractivity contribution in [2.45, 2.75) is 30.8 Å². The van der Waals surface area contributed by atoms with Gasteiger partial charge < -0.3 is 4.57 Å². The first-order valence-corrected chi connectivity index (χ1v) is 8.52. The van der Waals surface area contributed by atoms with Gasteiger partial charge in [0.15, 0.2) is 11.0 Å². The topological polar surface area (TPSA) is 30.7 Å². The van der Waals surface area contributed by atoms with Crippen LogP contribution in [0, 0.1) is 0 Å². The number of nitrogens with zero attached hydrogens (tertiary/aromatic N) is 3. The van der Waals surface area contributed by atoms with E-state index in [0.29, 0.717) is 0 Å². The number of thioether (sulfide) groups is 1. The van der Waals surface area contributed by atoms with Gasteiger partial charge in [0.05, 0.1) is 0 Å². The monoisotopic (exact) mass is 309 g/mol. The molecule has 22 heavy (non-hydrogen) atoms. The second-order valence-corrected chi connectivity index (χ2v) is 6.04. The maximum Gasteiger partial charge on any atom is 0.191 e. The van der Waals surface area contributed by atoms with Crippen molar-refractivity contribution >= 4 is 11.8 Å². The Kier molecular flexibility index (Phi) is 4.91. The molecule has 3 aromatic rings. The molecule has 0 aliphatic heterocycles. The molecule has 0 saturated carbocycles. The molecule has 0 atom stereocenters. The SMILES string of the molecule is CCCn1c(SCc2ccccc2)nnc1-c1ccccc1. The van der Waals surface area contributed by atoms with Gasteiger partial charge in [0.2, 0.25) is 0 Å². The van der Waals surface area contributed by atoms with E-state index in [-0.39, 0.29) is 0 Å². The number of rotatable bonds is 6. The average Bonchev–Trinajstić information content (AvgIpc) is 2.98. The van der Waals surface area contributed by atoms with E-state index in [1.165, 1.54) is 5.56 Å². The highest BCUT2D eigenvalue weighted by Gasteiger charge is 2.13. The normalized spacial score (nSPS) is 10.8. The zero-order chi connectivity index (χ0) is 15.2. The van der Waals surface area contributed by atoms with Crippen LogP contribution in [0.5, 0.6) is 0 Å². The number of hydrogen-bond donors (Lipinski definition) is 0. The maximum atomic E-state index is 4.41. The number of benzene rings is 2. The molecule has 1 aromatic heterocycles. The summed E-state index contributed by atoms with van der Waals surface area (Å²) in [7, 11) is 0. The molecular formula is C18H19N3S. The van der Waals surface area contributed by atoms with Gasteiger partial charge in [0.25, 0.3) is 0 Å². The van der Waals surface area contributed by atoms with Gasteiger partial charge in [0, 0.05) is 17.9 Å². The fraction of sp³-hybridized carbons (Fsp3) is 0.222. The van der Waals surface area contributed by atoms with Crippen molar-refractivity contribution in [1.29, 1.82) is 0 Å². The summed E-state index contributed by atoms with van der Waals surface area (Å²) in [5.74, 6) is 1.87. The Balaban J connectivity index is 1.84. The van der Waals surface area contributed by atoms with Crippen LogP contribution in [0.3, 0.4) is 0 Å². The average molecular weight is 309 g/mol. The molecule has 0 unspecified atom stereocenters. The van der Waals surface area contributed by atoms with E-state index in [4.69, 9.17) is 0 Å². The zero-order valence-corrected chi connectivity index (χ0v) is 13.5. The summed E-state index contributed by atoms with van der Waals surface area (Å²) < 4.78 is 2.23. The molecule has 0 fully saturated rings. The van der Waals surface area contributed by atoms with Gasteiger partial charge in [-0.2, -0.15) is 0 Å². The van der Waals surface area contributed by atoms with Crippen molar-refractivity contribution in [3.05, 3.63) is 66.2 Å². The highest BCUT2D eigenvalue weighted by atomic mass is 32.2. The number of aromatic nitrogens is 3. The largest absolute Gasteiger partial charge is 0.302 e. The zero-order valence-electron chi connectivity index (χ0n) is 12.6. The summed E-state index contributed by atoms with van der Waals surface area (Å²) in [5, 5.41) is 9.80. The van der Waals surface area contributed by atoms with Crippen molar-refractivity contribution in [2.24, 2.45) is 0 Å². The first-order chi connectivity index (χ1) is 10.9. The minimum Gasteiger partial charge on any atom is -0.302 e. The van der Waals surface area contributed by atoms with Crippen LogP contribution in [0.25, 0.3) is 11.4 Å². The molecule has 1 heterocycles. The van der Waals surface area contributed by atoms with Gasteiger partial charge in [-0.1, -0.05) is 79.3 Å². The van der Waals surface area contributed by atoms with Crippen molar-refractivity contribution in [3.63, 3.8) is 0 Å². The van der Waals surface area contributed by atoms with Gasteiger partial charge in [-0.3, -0.25) is 0 Å². The van der Waals surface area contributed by atoms with Gasteiger partial charge in [0.1, 0.15) is 0 Å². The van der Waals surface area contributed by atoms with Gasteiger partial charge in [-0.05, 0) is 12.0 Å². The van der Waals surface area contributed by atoms with Crippen molar-refractivity contribution in [1.82, 2.24) is 14.8 Å². The van der Waals surface area contributed by atoms with Crippen molar-refractivity contribution < 1.29 is 0 Å². The molecule has 0 N–H and O–H groups in total. The standard InChI is InChI=1S/C18H19N3S/c1-2-13-21-17(16-11-7-4-8-12-16)19-20-18(21)22-14-15-9-5-3-6-10-15/h3-12H,2,13-14H2,1H3. The van der Waals surface area contributed by atoms with Crippen LogP contribution in [0.15, 0.2) is 65.8 Å². The lowest BCUT2D eigenvalue weighted by Crippen LogP contribution is -2.01. The molecule has 0 radical (unpaired) electrons. The smallest absolute Gasteiger partial charge is 0.191 e. The van der Waals surface area contributed by atoms with Gasteiger partial charge in [-0.15, -0.1) is 10.2 Å². The van der Waals surface area contributed by atoms with Crippen LogP contribution in [0.1, 0.15) is 18.9 Å². The molecule has 3 nitrogen and oxygen atoms in total. The summed E-state index contributed by atoms with van der Waals surface area (Å²) in [5.41, 5.74) is 2.43. The highest BCUT2D eigenvalue weighted by molar-refractivity contribution is 7.98. The molecule has 112 valence electrons. The van der Waals surface area contributed by atoms with E-state index in [1.54, 1.807) is 11.8 Å². The molecule has 0 aliphatic rings. The summed E-state index contributed by atoms with van der Waals surface area (Å²) in [6, 6.07) is 20.7. The van der Waals surface area contributed by atoms with E-state index >= 15 is 0 Å². The third-order valence-electron chi connectivity index (χ3n) is 3.41. The second kappa shape index (κ2) is 7.27. The summed E-state index contributed by atoms with van der Waals surface area (Å²) in [6.45, 7) is 3.12. The Morgan fingerprint density at radius 2 is 1.59 bits per heavy atom. The quantitative estimate of drug-likeness (QED) is 0.621. The fourth-order valence-corrected chi connectivity index (χ4v) is 3.26. The summed E-state index contributed by atoms with van der Waals surface area (Å²) in [4.78, 5) is 0. The lowest BCUT2D eigenvalue weighted by atomic mass is 10.2. The molecule has 0 saturated heterocycles. The van der Waals surface area contributed by atoms with E-state index in [2.05, 4.69) is 58.1 Å². The van der Waals surface area contributed by atoms with Gasteiger partial charge >= 0.3 is 0 Å². The molecule has 0 bridgehead atoms. The first-order valence-electron chi connectivity index (χ1n) is 7.54. The molecule has 0 aliphatic carbocycles. The van der Waals surface area contributed by atoms with Gasteiger partial charge in [-0.25, -0.2) is 0 Å². The lowest BCUT2D eigenvalue weighted by Gasteiger charge is -2.08. The first kappa shape index (κ1) is 14.9. The Bertz CT molecular complexity index is 708. The maximum absolute atomic E-state index is 4.41. The van der Waals surface area contributed by atoms with Crippen LogP contribution in [0.2, 0.25) is 0 Å². The molecule has 4 heteroatoms. The predicted molar refractivity (Wildman–Crippen MR) is 91.8 cm³/mol. The Morgan fingerprint density at radius 3 is 2.27 bits per heavy atom. The van der Waals surface area contributed by atoms with E-state index in [1.807, 2.05) is 24.3 Å². The van der Waals surface area contributed by atoms with E-state index in [0.717, 1.165) is 35.3 Å². The molecule has 0 spiro atoms. The summed E-state index contributed by atoms with van der Waals surface area (Å²) in [6.07, 6.45) is 1.07. The molecular weight excluding hydrogens is 290 g/mol. The Labute approximate surface area is 135 Å². The number of hydrogen-bond acceptors (Lipinski definition) is 3. The van der Waals surface area contributed by atoms with E-state index < -0.39 is 0 Å². The van der Waals surface area contributed by atoms with Crippen LogP contribution in [-0.2, 0) is 12.3 Å². The van der Waals surface area contributed by atoms with E-state index in [9.17, 15) is 0 Å². The molecule has 2 aromatic carbocycles. The third-order valence-corrected chi connectivity index (χ3v) is 4.44. The molecule has 0 amide bonds.